The van der Waals surface area contributed by atoms with E-state index in [-0.39, 0.29) is 23.5 Å². The van der Waals surface area contributed by atoms with Crippen LogP contribution in [0.2, 0.25) is 0 Å². The average molecular weight is 400 g/mol. The number of carbonyl (C=O) groups is 2. The molecule has 10 heteroatoms. The van der Waals surface area contributed by atoms with Gasteiger partial charge in [-0.25, -0.2) is 9.78 Å². The van der Waals surface area contributed by atoms with Crippen molar-refractivity contribution < 1.29 is 19.2 Å². The van der Waals surface area contributed by atoms with Gasteiger partial charge in [-0.2, -0.15) is 0 Å². The van der Waals surface area contributed by atoms with Gasteiger partial charge in [0.1, 0.15) is 5.01 Å². The van der Waals surface area contributed by atoms with Crippen LogP contribution in [0.15, 0.2) is 42.5 Å². The van der Waals surface area contributed by atoms with Crippen molar-refractivity contribution in [2.45, 2.75) is 6.54 Å². The third-order valence-corrected chi connectivity index (χ3v) is 4.95. The Morgan fingerprint density at radius 1 is 1.29 bits per heavy atom. The molecule has 1 amide bonds. The number of carbonyl (C=O) groups excluding carboxylic acids is 2. The molecule has 1 aromatic heterocycles. The zero-order valence-electron chi connectivity index (χ0n) is 14.8. The molecular formula is C18H16N4O5S. The predicted octanol–water partition coefficient (Wildman–Crippen LogP) is 2.60. The van der Waals surface area contributed by atoms with Gasteiger partial charge in [-0.1, -0.05) is 12.1 Å². The second kappa shape index (κ2) is 8.01. The van der Waals surface area contributed by atoms with Gasteiger partial charge >= 0.3 is 5.97 Å². The Morgan fingerprint density at radius 3 is 2.71 bits per heavy atom. The number of non-ortho nitro benzene ring substituents is 1. The first-order valence-corrected chi connectivity index (χ1v) is 8.96. The standard InChI is InChI=1S/C18H16N4O5S/c1-21(9-16-20-14-4-2-3-5-15(14)28-16)17(23)10-27-18(24)12-7-6-11(22(25)26)8-13(12)19/h2-8H,9-10,19H2,1H3. The summed E-state index contributed by atoms with van der Waals surface area (Å²) in [6.07, 6.45) is 0. The summed E-state index contributed by atoms with van der Waals surface area (Å²) in [5, 5.41) is 11.5. The lowest BCUT2D eigenvalue weighted by molar-refractivity contribution is -0.384. The van der Waals surface area contributed by atoms with Crippen LogP contribution in [0.5, 0.6) is 0 Å². The molecule has 2 aromatic carbocycles. The number of rotatable bonds is 6. The Balaban J connectivity index is 1.58. The molecule has 0 spiro atoms. The summed E-state index contributed by atoms with van der Waals surface area (Å²) in [4.78, 5) is 40.3. The summed E-state index contributed by atoms with van der Waals surface area (Å²) >= 11 is 1.49. The number of nitro groups is 1. The first kappa shape index (κ1) is 19.2. The Bertz CT molecular complexity index is 1030. The van der Waals surface area contributed by atoms with E-state index < -0.39 is 23.4 Å². The van der Waals surface area contributed by atoms with Crippen molar-refractivity contribution in [1.29, 1.82) is 0 Å². The van der Waals surface area contributed by atoms with Crippen molar-refractivity contribution in [3.05, 3.63) is 63.1 Å². The quantitative estimate of drug-likeness (QED) is 0.291. The lowest BCUT2D eigenvalue weighted by Crippen LogP contribution is -2.30. The van der Waals surface area contributed by atoms with Crippen molar-refractivity contribution in [2.24, 2.45) is 0 Å². The molecule has 2 N–H and O–H groups in total. The molecule has 0 atom stereocenters. The van der Waals surface area contributed by atoms with E-state index in [2.05, 4.69) is 4.98 Å². The number of nitro benzene ring substituents is 1. The summed E-state index contributed by atoms with van der Waals surface area (Å²) in [7, 11) is 1.59. The number of thiazole rings is 1. The SMILES string of the molecule is CN(Cc1nc2ccccc2s1)C(=O)COC(=O)c1ccc([N+](=O)[O-])cc1N. The van der Waals surface area contributed by atoms with E-state index in [1.165, 1.54) is 22.3 Å². The largest absolute Gasteiger partial charge is 0.452 e. The molecule has 144 valence electrons. The van der Waals surface area contributed by atoms with Gasteiger partial charge in [0.2, 0.25) is 0 Å². The summed E-state index contributed by atoms with van der Waals surface area (Å²) < 4.78 is 6.02. The molecule has 3 rings (SSSR count). The van der Waals surface area contributed by atoms with Crippen molar-refractivity contribution in [1.82, 2.24) is 9.88 Å². The Hall–Kier alpha value is -3.53. The van der Waals surface area contributed by atoms with Crippen molar-refractivity contribution in [3.8, 4) is 0 Å². The Kier molecular flexibility index (Phi) is 5.50. The van der Waals surface area contributed by atoms with Crippen molar-refractivity contribution in [2.75, 3.05) is 19.4 Å². The maximum absolute atomic E-state index is 12.2. The van der Waals surface area contributed by atoms with E-state index in [0.717, 1.165) is 27.4 Å². The van der Waals surface area contributed by atoms with Crippen LogP contribution in [0.25, 0.3) is 10.2 Å². The molecular weight excluding hydrogens is 384 g/mol. The van der Waals surface area contributed by atoms with E-state index in [4.69, 9.17) is 10.5 Å². The third kappa shape index (κ3) is 4.23. The fraction of sp³-hybridized carbons (Fsp3) is 0.167. The predicted molar refractivity (Wildman–Crippen MR) is 104 cm³/mol. The van der Waals surface area contributed by atoms with E-state index in [9.17, 15) is 19.7 Å². The van der Waals surface area contributed by atoms with Crippen LogP contribution in [-0.2, 0) is 16.1 Å². The molecule has 0 bridgehead atoms. The normalized spacial score (nSPS) is 10.6. The van der Waals surface area contributed by atoms with Crippen LogP contribution in [-0.4, -0.2) is 40.3 Å². The summed E-state index contributed by atoms with van der Waals surface area (Å²) in [5.74, 6) is -1.23. The minimum atomic E-state index is -0.825. The second-order valence-corrected chi connectivity index (χ2v) is 7.05. The van der Waals surface area contributed by atoms with E-state index >= 15 is 0 Å². The van der Waals surface area contributed by atoms with Crippen LogP contribution >= 0.6 is 11.3 Å². The number of nitrogen functional groups attached to an aromatic ring is 1. The topological polar surface area (TPSA) is 129 Å². The number of ether oxygens (including phenoxy) is 1. The minimum absolute atomic E-state index is 0.0350. The second-order valence-electron chi connectivity index (χ2n) is 5.93. The molecule has 0 unspecified atom stereocenters. The lowest BCUT2D eigenvalue weighted by atomic mass is 10.1. The molecule has 9 nitrogen and oxygen atoms in total. The van der Waals surface area contributed by atoms with Crippen LogP contribution in [0.4, 0.5) is 11.4 Å². The maximum Gasteiger partial charge on any atom is 0.340 e. The molecule has 0 aliphatic heterocycles. The van der Waals surface area contributed by atoms with Gasteiger partial charge in [-0.05, 0) is 18.2 Å². The molecule has 0 fully saturated rings. The van der Waals surface area contributed by atoms with Crippen LogP contribution in [0, 0.1) is 10.1 Å². The number of nitrogens with zero attached hydrogens (tertiary/aromatic N) is 3. The van der Waals surface area contributed by atoms with Gasteiger partial charge in [0.05, 0.1) is 32.9 Å². The fourth-order valence-electron chi connectivity index (χ4n) is 2.44. The van der Waals surface area contributed by atoms with Crippen molar-refractivity contribution in [3.63, 3.8) is 0 Å². The summed E-state index contributed by atoms with van der Waals surface area (Å²) in [6, 6.07) is 11.1. The van der Waals surface area contributed by atoms with Gasteiger partial charge in [0.15, 0.2) is 6.61 Å². The molecule has 1 heterocycles. The number of nitrogens with two attached hydrogens (primary N) is 1. The van der Waals surface area contributed by atoms with Crippen LogP contribution < -0.4 is 5.73 Å². The highest BCUT2D eigenvalue weighted by Gasteiger charge is 2.18. The summed E-state index contributed by atoms with van der Waals surface area (Å²) in [6.45, 7) is -0.188. The number of para-hydroxylation sites is 1. The number of amides is 1. The number of aromatic nitrogens is 1. The molecule has 0 saturated heterocycles. The molecule has 28 heavy (non-hydrogen) atoms. The highest BCUT2D eigenvalue weighted by molar-refractivity contribution is 7.18. The van der Waals surface area contributed by atoms with Gasteiger partial charge in [-0.15, -0.1) is 11.3 Å². The number of likely N-dealkylation sites (N-methyl/N-ethyl adjacent to an activating group) is 1. The molecule has 0 aliphatic carbocycles. The van der Waals surface area contributed by atoms with Crippen molar-refractivity contribution >= 4 is 44.8 Å². The Morgan fingerprint density at radius 2 is 2.04 bits per heavy atom. The zero-order valence-corrected chi connectivity index (χ0v) is 15.6. The molecule has 0 saturated carbocycles. The smallest absolute Gasteiger partial charge is 0.340 e. The number of benzene rings is 2. The summed E-state index contributed by atoms with van der Waals surface area (Å²) in [5.41, 5.74) is 6.16. The monoisotopic (exact) mass is 400 g/mol. The van der Waals surface area contributed by atoms with E-state index in [0.29, 0.717) is 0 Å². The fourth-order valence-corrected chi connectivity index (χ4v) is 3.46. The van der Waals surface area contributed by atoms with E-state index in [1.54, 1.807) is 7.05 Å². The van der Waals surface area contributed by atoms with Gasteiger partial charge in [0, 0.05) is 19.2 Å². The first-order chi connectivity index (χ1) is 13.3. The zero-order chi connectivity index (χ0) is 20.3. The number of hydrogen-bond acceptors (Lipinski definition) is 8. The van der Waals surface area contributed by atoms with Crippen LogP contribution in [0.1, 0.15) is 15.4 Å². The maximum atomic E-state index is 12.2. The number of hydrogen-bond donors (Lipinski definition) is 1. The molecule has 0 aliphatic rings. The van der Waals surface area contributed by atoms with Gasteiger partial charge in [0.25, 0.3) is 11.6 Å². The average Bonchev–Trinajstić information content (AvgIpc) is 3.07. The first-order valence-electron chi connectivity index (χ1n) is 8.14. The van der Waals surface area contributed by atoms with Gasteiger partial charge < -0.3 is 15.4 Å². The molecule has 3 aromatic rings. The van der Waals surface area contributed by atoms with Gasteiger partial charge in [-0.3, -0.25) is 14.9 Å². The number of fused-ring (bicyclic) bond motifs is 1. The van der Waals surface area contributed by atoms with E-state index in [1.807, 2.05) is 24.3 Å². The number of anilines is 1. The third-order valence-electron chi connectivity index (χ3n) is 3.93. The highest BCUT2D eigenvalue weighted by Crippen LogP contribution is 2.23. The molecule has 0 radical (unpaired) electrons. The number of esters is 1. The highest BCUT2D eigenvalue weighted by atomic mass is 32.1. The van der Waals surface area contributed by atoms with Crippen LogP contribution in [0.3, 0.4) is 0 Å². The Labute approximate surface area is 163 Å². The minimum Gasteiger partial charge on any atom is -0.452 e. The lowest BCUT2D eigenvalue weighted by Gasteiger charge is -2.15.